The Labute approximate surface area is 185 Å². The highest BCUT2D eigenvalue weighted by Crippen LogP contribution is 2.18. The molecular weight excluding hydrogens is 410 g/mol. The highest BCUT2D eigenvalue weighted by atomic mass is 32.2. The van der Waals surface area contributed by atoms with Gasteiger partial charge < -0.3 is 14.6 Å². The molecule has 0 fully saturated rings. The van der Waals surface area contributed by atoms with E-state index in [0.29, 0.717) is 26.1 Å². The van der Waals surface area contributed by atoms with E-state index in [0.717, 1.165) is 24.1 Å². The third-order valence-electron chi connectivity index (χ3n) is 5.32. The van der Waals surface area contributed by atoms with E-state index in [9.17, 15) is 13.5 Å². The summed E-state index contributed by atoms with van der Waals surface area (Å²) < 4.78 is 26.3. The van der Waals surface area contributed by atoms with Crippen LogP contribution in [0.15, 0.2) is 72.0 Å². The standard InChI is InChI=1S/C24H31N3O3S/c1-26(17-15-23(28)21-13-7-4-8-14-21)19-22-18-25-24(31(2,29)30)27(22)16-9-12-20-10-5-3-6-11-20/h3-8,10-11,13-14,18,23,28H,9,12,15-17,19H2,1-2H3/t23-/m0/s1. The van der Waals surface area contributed by atoms with Crippen molar-refractivity contribution in [2.75, 3.05) is 19.8 Å². The van der Waals surface area contributed by atoms with Gasteiger partial charge in [0.2, 0.25) is 15.0 Å². The maximum Gasteiger partial charge on any atom is 0.227 e. The third-order valence-corrected chi connectivity index (χ3v) is 6.31. The Morgan fingerprint density at radius 2 is 1.71 bits per heavy atom. The SMILES string of the molecule is CN(CC[C@H](O)c1ccccc1)Cc1cnc(S(C)(=O)=O)n1CCCc1ccccc1. The van der Waals surface area contributed by atoms with Crippen molar-refractivity contribution in [1.29, 1.82) is 0 Å². The van der Waals surface area contributed by atoms with E-state index >= 15 is 0 Å². The van der Waals surface area contributed by atoms with E-state index in [1.807, 2.05) is 60.1 Å². The van der Waals surface area contributed by atoms with Crippen molar-refractivity contribution >= 4 is 9.84 Å². The van der Waals surface area contributed by atoms with Crippen molar-refractivity contribution < 1.29 is 13.5 Å². The average molecular weight is 442 g/mol. The molecule has 0 aliphatic rings. The van der Waals surface area contributed by atoms with Crippen LogP contribution in [0, 0.1) is 0 Å². The van der Waals surface area contributed by atoms with Crippen molar-refractivity contribution in [2.24, 2.45) is 0 Å². The fourth-order valence-electron chi connectivity index (χ4n) is 3.68. The number of aryl methyl sites for hydroxylation is 1. The summed E-state index contributed by atoms with van der Waals surface area (Å²) in [6, 6.07) is 19.8. The molecule has 2 aromatic carbocycles. The largest absolute Gasteiger partial charge is 0.388 e. The molecule has 0 unspecified atom stereocenters. The Bertz CT molecular complexity index is 1050. The third kappa shape index (κ3) is 6.75. The molecule has 1 heterocycles. The molecule has 0 aliphatic carbocycles. The summed E-state index contributed by atoms with van der Waals surface area (Å²) in [5.74, 6) is 0. The van der Waals surface area contributed by atoms with Crippen LogP contribution < -0.4 is 0 Å². The summed E-state index contributed by atoms with van der Waals surface area (Å²) in [5, 5.41) is 10.5. The number of benzene rings is 2. The molecule has 31 heavy (non-hydrogen) atoms. The van der Waals surface area contributed by atoms with Gasteiger partial charge in [-0.2, -0.15) is 0 Å². The summed E-state index contributed by atoms with van der Waals surface area (Å²) in [7, 11) is -1.44. The first-order valence-electron chi connectivity index (χ1n) is 10.5. The molecule has 1 N–H and O–H groups in total. The summed E-state index contributed by atoms with van der Waals surface area (Å²) in [4.78, 5) is 6.29. The minimum Gasteiger partial charge on any atom is -0.388 e. The summed E-state index contributed by atoms with van der Waals surface area (Å²) >= 11 is 0. The zero-order chi connectivity index (χ0) is 22.3. The van der Waals surface area contributed by atoms with Gasteiger partial charge in [-0.3, -0.25) is 0 Å². The molecule has 1 aromatic heterocycles. The topological polar surface area (TPSA) is 75.4 Å². The Kier molecular flexibility index (Phi) is 8.01. The van der Waals surface area contributed by atoms with Crippen LogP contribution in [0.3, 0.4) is 0 Å². The molecule has 0 saturated carbocycles. The Morgan fingerprint density at radius 3 is 2.35 bits per heavy atom. The quantitative estimate of drug-likeness (QED) is 0.493. The van der Waals surface area contributed by atoms with Crippen molar-refractivity contribution in [2.45, 2.75) is 43.6 Å². The van der Waals surface area contributed by atoms with E-state index in [1.54, 1.807) is 6.20 Å². The number of aliphatic hydroxyl groups is 1. The van der Waals surface area contributed by atoms with Crippen molar-refractivity contribution in [1.82, 2.24) is 14.5 Å². The molecular formula is C24H31N3O3S. The maximum absolute atomic E-state index is 12.2. The smallest absolute Gasteiger partial charge is 0.227 e. The summed E-state index contributed by atoms with van der Waals surface area (Å²) in [6.07, 6.45) is 4.63. The number of sulfone groups is 1. The summed E-state index contributed by atoms with van der Waals surface area (Å²) in [6.45, 7) is 1.84. The van der Waals surface area contributed by atoms with Crippen molar-refractivity contribution in [3.8, 4) is 0 Å². The number of aliphatic hydroxyl groups excluding tert-OH is 1. The monoisotopic (exact) mass is 441 g/mol. The van der Waals surface area contributed by atoms with Crippen LogP contribution >= 0.6 is 0 Å². The van der Waals surface area contributed by atoms with E-state index in [2.05, 4.69) is 22.0 Å². The van der Waals surface area contributed by atoms with Gasteiger partial charge in [-0.15, -0.1) is 0 Å². The molecule has 0 radical (unpaired) electrons. The van der Waals surface area contributed by atoms with E-state index < -0.39 is 15.9 Å². The van der Waals surface area contributed by atoms with Gasteiger partial charge in [-0.05, 0) is 37.4 Å². The molecule has 3 rings (SSSR count). The van der Waals surface area contributed by atoms with Gasteiger partial charge in [0, 0.05) is 25.9 Å². The van der Waals surface area contributed by atoms with Gasteiger partial charge >= 0.3 is 0 Å². The number of aromatic nitrogens is 2. The predicted molar refractivity (Wildman–Crippen MR) is 122 cm³/mol. The van der Waals surface area contributed by atoms with Gasteiger partial charge in [0.05, 0.1) is 18.0 Å². The lowest BCUT2D eigenvalue weighted by atomic mass is 10.1. The second-order valence-corrected chi connectivity index (χ2v) is 9.91. The molecule has 6 nitrogen and oxygen atoms in total. The zero-order valence-corrected chi connectivity index (χ0v) is 19.0. The molecule has 7 heteroatoms. The van der Waals surface area contributed by atoms with Gasteiger partial charge in [0.25, 0.3) is 0 Å². The van der Waals surface area contributed by atoms with Gasteiger partial charge in [0.1, 0.15) is 0 Å². The molecule has 0 aliphatic heterocycles. The number of hydrogen-bond donors (Lipinski definition) is 1. The number of nitrogens with zero attached hydrogens (tertiary/aromatic N) is 3. The van der Waals surface area contributed by atoms with Gasteiger partial charge in [-0.1, -0.05) is 60.7 Å². The first kappa shape index (κ1) is 23.2. The second kappa shape index (κ2) is 10.7. The number of rotatable bonds is 11. The van der Waals surface area contributed by atoms with Gasteiger partial charge in [0.15, 0.2) is 0 Å². The van der Waals surface area contributed by atoms with E-state index in [4.69, 9.17) is 0 Å². The highest BCUT2D eigenvalue weighted by molar-refractivity contribution is 7.90. The van der Waals surface area contributed by atoms with Crippen LogP contribution in [0.25, 0.3) is 0 Å². The first-order chi connectivity index (χ1) is 14.8. The van der Waals surface area contributed by atoms with Crippen LogP contribution in [-0.4, -0.2) is 47.8 Å². The fraction of sp³-hybridized carbons (Fsp3) is 0.375. The minimum absolute atomic E-state index is 0.119. The maximum atomic E-state index is 12.2. The normalized spacial score (nSPS) is 12.9. The lowest BCUT2D eigenvalue weighted by Gasteiger charge is -2.20. The predicted octanol–water partition coefficient (Wildman–Crippen LogP) is 3.47. The van der Waals surface area contributed by atoms with Crippen molar-refractivity contribution in [3.63, 3.8) is 0 Å². The Hall–Kier alpha value is -2.48. The second-order valence-electron chi connectivity index (χ2n) is 8.00. The Morgan fingerprint density at radius 1 is 1.06 bits per heavy atom. The number of hydrogen-bond acceptors (Lipinski definition) is 5. The van der Waals surface area contributed by atoms with Crippen LogP contribution in [0.2, 0.25) is 0 Å². The van der Waals surface area contributed by atoms with Crippen LogP contribution in [-0.2, 0) is 29.3 Å². The first-order valence-corrected chi connectivity index (χ1v) is 12.4. The molecule has 0 amide bonds. The van der Waals surface area contributed by atoms with Gasteiger partial charge in [-0.25, -0.2) is 13.4 Å². The number of imidazole rings is 1. The lowest BCUT2D eigenvalue weighted by Crippen LogP contribution is -2.23. The minimum atomic E-state index is -3.41. The highest BCUT2D eigenvalue weighted by Gasteiger charge is 2.19. The van der Waals surface area contributed by atoms with E-state index in [-0.39, 0.29) is 5.16 Å². The molecule has 0 saturated heterocycles. The van der Waals surface area contributed by atoms with Crippen LogP contribution in [0.5, 0.6) is 0 Å². The average Bonchev–Trinajstić information content (AvgIpc) is 3.16. The molecule has 1 atom stereocenters. The fourth-order valence-corrected chi connectivity index (χ4v) is 4.53. The summed E-state index contributed by atoms with van der Waals surface area (Å²) in [5.41, 5.74) is 3.00. The zero-order valence-electron chi connectivity index (χ0n) is 18.2. The molecule has 166 valence electrons. The van der Waals surface area contributed by atoms with Crippen molar-refractivity contribution in [3.05, 3.63) is 83.7 Å². The molecule has 3 aromatic rings. The Balaban J connectivity index is 1.63. The molecule has 0 bridgehead atoms. The van der Waals surface area contributed by atoms with Crippen LogP contribution in [0.1, 0.15) is 35.8 Å². The molecule has 0 spiro atoms. The van der Waals surface area contributed by atoms with E-state index in [1.165, 1.54) is 11.8 Å². The van der Waals surface area contributed by atoms with Crippen LogP contribution in [0.4, 0.5) is 0 Å². The lowest BCUT2D eigenvalue weighted by molar-refractivity contribution is 0.147.